The number of nitro benzene ring substituents is 1. The fourth-order valence-electron chi connectivity index (χ4n) is 1.39. The third kappa shape index (κ3) is 2.74. The molecule has 5 heteroatoms. The van der Waals surface area contributed by atoms with Crippen molar-refractivity contribution in [2.45, 2.75) is 6.04 Å². The number of hydrogen-bond donors (Lipinski definition) is 1. The number of likely N-dealkylation sites (N-methyl/N-ethyl adjacent to an activating group) is 1. The van der Waals surface area contributed by atoms with Crippen LogP contribution in [-0.2, 0) is 0 Å². The van der Waals surface area contributed by atoms with Gasteiger partial charge in [-0.05, 0) is 19.7 Å². The molecule has 0 spiro atoms. The fraction of sp³-hybridized carbons (Fsp3) is 0.400. The second kappa shape index (κ2) is 4.86. The maximum Gasteiger partial charge on any atom is 0.269 e. The lowest BCUT2D eigenvalue weighted by molar-refractivity contribution is -0.384. The molecule has 1 rings (SSSR count). The number of aliphatic hydroxyl groups is 1. The van der Waals surface area contributed by atoms with Gasteiger partial charge in [0, 0.05) is 12.1 Å². The van der Waals surface area contributed by atoms with Crippen LogP contribution in [0.4, 0.5) is 5.69 Å². The normalized spacial score (nSPS) is 12.8. The summed E-state index contributed by atoms with van der Waals surface area (Å²) in [6.45, 7) is -0.00912. The highest BCUT2D eigenvalue weighted by atomic mass is 16.6. The first-order valence-electron chi connectivity index (χ1n) is 4.58. The summed E-state index contributed by atoms with van der Waals surface area (Å²) in [5.41, 5.74) is 0.933. The molecule has 1 unspecified atom stereocenters. The van der Waals surface area contributed by atoms with Crippen LogP contribution < -0.4 is 0 Å². The highest BCUT2D eigenvalue weighted by Crippen LogP contribution is 2.20. The van der Waals surface area contributed by atoms with Crippen molar-refractivity contribution in [1.29, 1.82) is 0 Å². The summed E-state index contributed by atoms with van der Waals surface area (Å²) in [6.07, 6.45) is 0. The highest BCUT2D eigenvalue weighted by molar-refractivity contribution is 5.34. The van der Waals surface area contributed by atoms with Crippen LogP contribution in [-0.4, -0.2) is 35.6 Å². The second-order valence-corrected chi connectivity index (χ2v) is 3.51. The number of aliphatic hydroxyl groups excluding tert-OH is 1. The molecule has 0 amide bonds. The van der Waals surface area contributed by atoms with Crippen LogP contribution in [0.5, 0.6) is 0 Å². The Morgan fingerprint density at radius 3 is 2.27 bits per heavy atom. The Morgan fingerprint density at radius 1 is 1.40 bits per heavy atom. The van der Waals surface area contributed by atoms with E-state index >= 15 is 0 Å². The zero-order valence-electron chi connectivity index (χ0n) is 8.75. The number of rotatable bonds is 4. The van der Waals surface area contributed by atoms with Gasteiger partial charge in [0.05, 0.1) is 17.6 Å². The summed E-state index contributed by atoms with van der Waals surface area (Å²) in [5.74, 6) is 0. The van der Waals surface area contributed by atoms with Gasteiger partial charge in [-0.1, -0.05) is 12.1 Å². The van der Waals surface area contributed by atoms with Crippen molar-refractivity contribution in [2.75, 3.05) is 20.7 Å². The molecule has 0 aliphatic rings. The Kier molecular flexibility index (Phi) is 3.76. The van der Waals surface area contributed by atoms with Crippen LogP contribution >= 0.6 is 0 Å². The molecule has 1 aromatic rings. The zero-order chi connectivity index (χ0) is 11.4. The molecule has 1 atom stereocenters. The topological polar surface area (TPSA) is 66.6 Å². The maximum absolute atomic E-state index is 10.4. The maximum atomic E-state index is 10.4. The van der Waals surface area contributed by atoms with E-state index in [0.29, 0.717) is 0 Å². The molecule has 0 bridgehead atoms. The molecular weight excluding hydrogens is 196 g/mol. The zero-order valence-corrected chi connectivity index (χ0v) is 8.75. The van der Waals surface area contributed by atoms with E-state index in [1.807, 2.05) is 19.0 Å². The van der Waals surface area contributed by atoms with Crippen LogP contribution in [0, 0.1) is 10.1 Å². The van der Waals surface area contributed by atoms with Crippen molar-refractivity contribution < 1.29 is 10.0 Å². The van der Waals surface area contributed by atoms with Crippen molar-refractivity contribution in [3.05, 3.63) is 39.9 Å². The van der Waals surface area contributed by atoms with Crippen LogP contribution in [0.1, 0.15) is 11.6 Å². The van der Waals surface area contributed by atoms with Crippen molar-refractivity contribution in [1.82, 2.24) is 4.90 Å². The molecule has 1 N–H and O–H groups in total. The second-order valence-electron chi connectivity index (χ2n) is 3.51. The third-order valence-electron chi connectivity index (χ3n) is 2.28. The van der Waals surface area contributed by atoms with Crippen molar-refractivity contribution in [3.8, 4) is 0 Å². The van der Waals surface area contributed by atoms with Crippen LogP contribution in [0.25, 0.3) is 0 Å². The molecule has 0 fully saturated rings. The van der Waals surface area contributed by atoms with E-state index in [4.69, 9.17) is 5.11 Å². The lowest BCUT2D eigenvalue weighted by Crippen LogP contribution is -2.22. The number of benzene rings is 1. The van der Waals surface area contributed by atoms with Crippen LogP contribution in [0.2, 0.25) is 0 Å². The monoisotopic (exact) mass is 210 g/mol. The summed E-state index contributed by atoms with van der Waals surface area (Å²) in [6, 6.07) is 6.10. The lowest BCUT2D eigenvalue weighted by atomic mass is 10.1. The van der Waals surface area contributed by atoms with E-state index in [1.165, 1.54) is 12.1 Å². The average Bonchev–Trinajstić information content (AvgIpc) is 2.19. The molecule has 0 saturated carbocycles. The summed E-state index contributed by atoms with van der Waals surface area (Å²) in [5, 5.41) is 19.6. The van der Waals surface area contributed by atoms with Crippen molar-refractivity contribution in [2.24, 2.45) is 0 Å². The van der Waals surface area contributed by atoms with Crippen molar-refractivity contribution >= 4 is 5.69 Å². The molecule has 15 heavy (non-hydrogen) atoms. The smallest absolute Gasteiger partial charge is 0.269 e. The van der Waals surface area contributed by atoms with Crippen LogP contribution in [0.15, 0.2) is 24.3 Å². The Balaban J connectivity index is 2.92. The minimum Gasteiger partial charge on any atom is -0.394 e. The first-order chi connectivity index (χ1) is 7.06. The molecule has 1 aromatic carbocycles. The van der Waals surface area contributed by atoms with E-state index in [-0.39, 0.29) is 18.3 Å². The van der Waals surface area contributed by atoms with E-state index in [2.05, 4.69) is 0 Å². The molecule has 0 aliphatic carbocycles. The van der Waals surface area contributed by atoms with E-state index in [1.54, 1.807) is 12.1 Å². The van der Waals surface area contributed by atoms with E-state index in [9.17, 15) is 10.1 Å². The van der Waals surface area contributed by atoms with Gasteiger partial charge in [0.25, 0.3) is 5.69 Å². The predicted octanol–water partition coefficient (Wildman–Crippen LogP) is 1.19. The fourth-order valence-corrected chi connectivity index (χ4v) is 1.39. The van der Waals surface area contributed by atoms with Gasteiger partial charge in [0.1, 0.15) is 0 Å². The molecule has 0 aliphatic heterocycles. The first-order valence-corrected chi connectivity index (χ1v) is 4.58. The molecule has 0 radical (unpaired) electrons. The molecule has 0 saturated heterocycles. The predicted molar refractivity (Wildman–Crippen MR) is 56.6 cm³/mol. The summed E-state index contributed by atoms with van der Waals surface area (Å²) >= 11 is 0. The summed E-state index contributed by atoms with van der Waals surface area (Å²) < 4.78 is 0. The van der Waals surface area contributed by atoms with Crippen LogP contribution in [0.3, 0.4) is 0 Å². The minimum atomic E-state index is -0.437. The van der Waals surface area contributed by atoms with Gasteiger partial charge in [0.15, 0.2) is 0 Å². The van der Waals surface area contributed by atoms with E-state index in [0.717, 1.165) is 5.56 Å². The highest BCUT2D eigenvalue weighted by Gasteiger charge is 2.13. The molecular formula is C10H14N2O3. The van der Waals surface area contributed by atoms with Gasteiger partial charge < -0.3 is 10.0 Å². The van der Waals surface area contributed by atoms with Gasteiger partial charge in [-0.2, -0.15) is 0 Å². The Bertz CT molecular complexity index is 335. The van der Waals surface area contributed by atoms with Gasteiger partial charge >= 0.3 is 0 Å². The van der Waals surface area contributed by atoms with Gasteiger partial charge in [0.2, 0.25) is 0 Å². The lowest BCUT2D eigenvalue weighted by Gasteiger charge is -2.22. The minimum absolute atomic E-state index is 0.00912. The Labute approximate surface area is 88.1 Å². The quantitative estimate of drug-likeness (QED) is 0.598. The van der Waals surface area contributed by atoms with E-state index < -0.39 is 4.92 Å². The summed E-state index contributed by atoms with van der Waals surface area (Å²) in [4.78, 5) is 11.9. The third-order valence-corrected chi connectivity index (χ3v) is 2.28. The summed E-state index contributed by atoms with van der Waals surface area (Å²) in [7, 11) is 3.70. The molecule has 0 aromatic heterocycles. The van der Waals surface area contributed by atoms with Gasteiger partial charge in [-0.3, -0.25) is 10.1 Å². The number of nitrogens with zero attached hydrogens (tertiary/aromatic N) is 2. The van der Waals surface area contributed by atoms with Gasteiger partial charge in [-0.15, -0.1) is 0 Å². The standard InChI is InChI=1S/C10H14N2O3/c1-11(2)10(7-13)8-3-5-9(6-4-8)12(14)15/h3-6,10,13H,7H2,1-2H3. The first kappa shape index (κ1) is 11.6. The number of non-ortho nitro benzene ring substituents is 1. The number of hydrogen-bond acceptors (Lipinski definition) is 4. The Hall–Kier alpha value is -1.46. The van der Waals surface area contributed by atoms with Gasteiger partial charge in [-0.25, -0.2) is 0 Å². The molecule has 82 valence electrons. The Morgan fingerprint density at radius 2 is 1.93 bits per heavy atom. The molecule has 0 heterocycles. The van der Waals surface area contributed by atoms with Crippen molar-refractivity contribution in [3.63, 3.8) is 0 Å². The average molecular weight is 210 g/mol. The molecule has 5 nitrogen and oxygen atoms in total. The largest absolute Gasteiger partial charge is 0.394 e. The number of nitro groups is 1. The SMILES string of the molecule is CN(C)C(CO)c1ccc([N+](=O)[O-])cc1.